The largest absolute Gasteiger partial charge is 0.377 e. The molecule has 1 N–H and O–H groups in total. The van der Waals surface area contributed by atoms with Crippen molar-refractivity contribution in [2.45, 2.75) is 38.5 Å². The Morgan fingerprint density at radius 2 is 2.35 bits per heavy atom. The van der Waals surface area contributed by atoms with Gasteiger partial charge in [-0.05, 0) is 20.3 Å². The predicted molar refractivity (Wildman–Crippen MR) is 66.2 cm³/mol. The Labute approximate surface area is 102 Å². The van der Waals surface area contributed by atoms with Crippen molar-refractivity contribution >= 4 is 5.69 Å². The van der Waals surface area contributed by atoms with Gasteiger partial charge in [-0.15, -0.1) is 0 Å². The number of methoxy groups -OCH3 is 1. The fourth-order valence-corrected chi connectivity index (χ4v) is 2.36. The van der Waals surface area contributed by atoms with Crippen LogP contribution in [0.4, 0.5) is 5.69 Å². The molecule has 0 aromatic carbocycles. The van der Waals surface area contributed by atoms with Crippen molar-refractivity contribution in [3.8, 4) is 0 Å². The van der Waals surface area contributed by atoms with E-state index in [0.29, 0.717) is 6.04 Å². The summed E-state index contributed by atoms with van der Waals surface area (Å²) >= 11 is 0. The minimum absolute atomic E-state index is 0.134. The van der Waals surface area contributed by atoms with Crippen LogP contribution in [0.5, 0.6) is 0 Å². The van der Waals surface area contributed by atoms with Gasteiger partial charge in [0.25, 0.3) is 0 Å². The third kappa shape index (κ3) is 2.45. The van der Waals surface area contributed by atoms with Gasteiger partial charge in [-0.2, -0.15) is 5.10 Å². The summed E-state index contributed by atoms with van der Waals surface area (Å²) in [6.07, 6.45) is 3.34. The summed E-state index contributed by atoms with van der Waals surface area (Å²) in [5.41, 5.74) is 2.09. The number of aryl methyl sites for hydroxylation is 2. The van der Waals surface area contributed by atoms with Crippen molar-refractivity contribution in [3.63, 3.8) is 0 Å². The monoisotopic (exact) mass is 239 g/mol. The van der Waals surface area contributed by atoms with Crippen molar-refractivity contribution in [3.05, 3.63) is 11.9 Å². The molecule has 5 heteroatoms. The number of rotatable bonds is 5. The van der Waals surface area contributed by atoms with Gasteiger partial charge in [0, 0.05) is 27.0 Å². The zero-order valence-corrected chi connectivity index (χ0v) is 10.9. The van der Waals surface area contributed by atoms with E-state index in [4.69, 9.17) is 9.47 Å². The Hall–Kier alpha value is -1.07. The SMILES string of the molecule is CCOC1CC(Nc2cn(C)nc2C)C1OC. The fourth-order valence-electron chi connectivity index (χ4n) is 2.36. The molecular weight excluding hydrogens is 218 g/mol. The quantitative estimate of drug-likeness (QED) is 0.842. The summed E-state index contributed by atoms with van der Waals surface area (Å²) in [5, 5.41) is 7.78. The highest BCUT2D eigenvalue weighted by atomic mass is 16.5. The first-order valence-electron chi connectivity index (χ1n) is 6.06. The molecule has 1 aromatic heterocycles. The Morgan fingerprint density at radius 3 is 2.88 bits per heavy atom. The molecule has 1 saturated carbocycles. The van der Waals surface area contributed by atoms with Crippen molar-refractivity contribution in [2.75, 3.05) is 19.0 Å². The van der Waals surface area contributed by atoms with Gasteiger partial charge < -0.3 is 14.8 Å². The molecule has 1 aromatic rings. The molecule has 5 nitrogen and oxygen atoms in total. The Bertz CT molecular complexity index is 378. The smallest absolute Gasteiger partial charge is 0.103 e. The maximum atomic E-state index is 5.60. The van der Waals surface area contributed by atoms with Gasteiger partial charge in [0.2, 0.25) is 0 Å². The van der Waals surface area contributed by atoms with Crippen LogP contribution in [0, 0.1) is 6.92 Å². The molecule has 2 rings (SSSR count). The molecular formula is C12H21N3O2. The molecule has 0 radical (unpaired) electrons. The third-order valence-electron chi connectivity index (χ3n) is 3.26. The zero-order chi connectivity index (χ0) is 12.4. The van der Waals surface area contributed by atoms with Gasteiger partial charge in [-0.25, -0.2) is 0 Å². The van der Waals surface area contributed by atoms with E-state index in [-0.39, 0.29) is 12.2 Å². The van der Waals surface area contributed by atoms with Crippen LogP contribution >= 0.6 is 0 Å². The molecule has 1 aliphatic rings. The Morgan fingerprint density at radius 1 is 1.59 bits per heavy atom. The molecule has 0 amide bonds. The lowest BCUT2D eigenvalue weighted by Crippen LogP contribution is -2.56. The second kappa shape index (κ2) is 5.06. The van der Waals surface area contributed by atoms with E-state index in [1.807, 2.05) is 31.8 Å². The zero-order valence-electron chi connectivity index (χ0n) is 10.9. The Balaban J connectivity index is 1.94. The Kier molecular flexibility index (Phi) is 3.69. The average molecular weight is 239 g/mol. The van der Waals surface area contributed by atoms with Crippen LogP contribution in [0.3, 0.4) is 0 Å². The van der Waals surface area contributed by atoms with E-state index in [0.717, 1.165) is 24.4 Å². The van der Waals surface area contributed by atoms with Crippen LogP contribution in [-0.2, 0) is 16.5 Å². The van der Waals surface area contributed by atoms with Crippen LogP contribution < -0.4 is 5.32 Å². The van der Waals surface area contributed by atoms with Crippen molar-refractivity contribution < 1.29 is 9.47 Å². The fraction of sp³-hybridized carbons (Fsp3) is 0.750. The summed E-state index contributed by atoms with van der Waals surface area (Å²) in [4.78, 5) is 0. The lowest BCUT2D eigenvalue weighted by molar-refractivity contribution is -0.118. The van der Waals surface area contributed by atoms with Crippen molar-refractivity contribution in [1.82, 2.24) is 9.78 Å². The van der Waals surface area contributed by atoms with Crippen LogP contribution in [-0.4, -0.2) is 41.7 Å². The summed E-state index contributed by atoms with van der Waals surface area (Å²) in [6.45, 7) is 4.75. The highest BCUT2D eigenvalue weighted by molar-refractivity contribution is 5.47. The van der Waals surface area contributed by atoms with Gasteiger partial charge in [-0.3, -0.25) is 4.68 Å². The first kappa shape index (κ1) is 12.4. The van der Waals surface area contributed by atoms with E-state index in [1.165, 1.54) is 0 Å². The van der Waals surface area contributed by atoms with E-state index >= 15 is 0 Å². The summed E-state index contributed by atoms with van der Waals surface area (Å²) in [6, 6.07) is 0.319. The summed E-state index contributed by atoms with van der Waals surface area (Å²) in [7, 11) is 3.66. The molecule has 0 bridgehead atoms. The van der Waals surface area contributed by atoms with Crippen molar-refractivity contribution in [1.29, 1.82) is 0 Å². The second-order valence-electron chi connectivity index (χ2n) is 4.48. The molecule has 0 spiro atoms. The molecule has 3 unspecified atom stereocenters. The first-order valence-corrected chi connectivity index (χ1v) is 6.06. The van der Waals surface area contributed by atoms with Gasteiger partial charge in [-0.1, -0.05) is 0 Å². The molecule has 3 atom stereocenters. The van der Waals surface area contributed by atoms with Crippen LogP contribution in [0.1, 0.15) is 19.0 Å². The van der Waals surface area contributed by atoms with E-state index in [2.05, 4.69) is 10.4 Å². The minimum atomic E-state index is 0.134. The molecule has 1 aliphatic carbocycles. The number of hydrogen-bond donors (Lipinski definition) is 1. The highest BCUT2D eigenvalue weighted by Gasteiger charge is 2.42. The first-order chi connectivity index (χ1) is 8.15. The number of nitrogens with one attached hydrogen (secondary N) is 1. The third-order valence-corrected chi connectivity index (χ3v) is 3.26. The van der Waals surface area contributed by atoms with Crippen LogP contribution in [0.15, 0.2) is 6.20 Å². The van der Waals surface area contributed by atoms with Gasteiger partial charge in [0.15, 0.2) is 0 Å². The normalized spacial score (nSPS) is 27.9. The number of ether oxygens (including phenoxy) is 2. The molecule has 96 valence electrons. The molecule has 17 heavy (non-hydrogen) atoms. The highest BCUT2D eigenvalue weighted by Crippen LogP contribution is 2.30. The maximum absolute atomic E-state index is 5.60. The number of aromatic nitrogens is 2. The predicted octanol–water partition coefficient (Wildman–Crippen LogP) is 1.33. The van der Waals surface area contributed by atoms with Gasteiger partial charge in [0.05, 0.1) is 23.5 Å². The summed E-state index contributed by atoms with van der Waals surface area (Å²) in [5.74, 6) is 0. The average Bonchev–Trinajstić information content (AvgIpc) is 2.56. The standard InChI is InChI=1S/C12H21N3O2/c1-5-17-11-6-9(12(11)16-4)13-10-7-15(3)14-8(10)2/h7,9,11-13H,5-6H2,1-4H3. The number of nitrogens with zero attached hydrogens (tertiary/aromatic N) is 2. The van der Waals surface area contributed by atoms with E-state index in [9.17, 15) is 0 Å². The molecule has 1 fully saturated rings. The molecule has 0 aliphatic heterocycles. The molecule has 1 heterocycles. The molecule has 0 saturated heterocycles. The van der Waals surface area contributed by atoms with E-state index < -0.39 is 0 Å². The lowest BCUT2D eigenvalue weighted by atomic mass is 9.85. The van der Waals surface area contributed by atoms with Gasteiger partial charge >= 0.3 is 0 Å². The second-order valence-corrected chi connectivity index (χ2v) is 4.48. The summed E-state index contributed by atoms with van der Waals surface area (Å²) < 4.78 is 12.9. The van der Waals surface area contributed by atoms with Gasteiger partial charge in [0.1, 0.15) is 6.10 Å². The lowest BCUT2D eigenvalue weighted by Gasteiger charge is -2.43. The maximum Gasteiger partial charge on any atom is 0.103 e. The van der Waals surface area contributed by atoms with E-state index in [1.54, 1.807) is 7.11 Å². The van der Waals surface area contributed by atoms with Crippen LogP contribution in [0.2, 0.25) is 0 Å². The topological polar surface area (TPSA) is 48.3 Å². The number of anilines is 1. The van der Waals surface area contributed by atoms with Crippen molar-refractivity contribution in [2.24, 2.45) is 7.05 Å². The van der Waals surface area contributed by atoms with Crippen LogP contribution in [0.25, 0.3) is 0 Å². The number of hydrogen-bond acceptors (Lipinski definition) is 4. The minimum Gasteiger partial charge on any atom is -0.377 e.